The molecule has 0 spiro atoms. The highest BCUT2D eigenvalue weighted by molar-refractivity contribution is 5.36. The third kappa shape index (κ3) is 1.78. The largest absolute Gasteiger partial charge is 0.394 e. The molecule has 1 fully saturated rings. The van der Waals surface area contributed by atoms with Crippen LogP contribution in [0.3, 0.4) is 0 Å². The number of hydrogen-bond donors (Lipinski definition) is 1. The number of anilines is 1. The molecule has 0 amide bonds. The van der Waals surface area contributed by atoms with Gasteiger partial charge in [-0.25, -0.2) is 0 Å². The van der Waals surface area contributed by atoms with E-state index in [2.05, 4.69) is 0 Å². The normalized spacial score (nSPS) is 17.1. The molecule has 1 heterocycles. The average Bonchev–Trinajstić information content (AvgIpc) is 2.75. The van der Waals surface area contributed by atoms with E-state index in [1.807, 2.05) is 17.6 Å². The van der Waals surface area contributed by atoms with Gasteiger partial charge in [0.2, 0.25) is 0 Å². The number of nitrogens with two attached hydrogens (primary N) is 1. The van der Waals surface area contributed by atoms with E-state index in [1.165, 1.54) is 31.4 Å². The topological polar surface area (TPSA) is 48.0 Å². The molecule has 1 aliphatic rings. The van der Waals surface area contributed by atoms with Crippen LogP contribution in [0.1, 0.15) is 44.2 Å². The van der Waals surface area contributed by atoms with Gasteiger partial charge in [-0.3, -0.25) is 4.79 Å². The van der Waals surface area contributed by atoms with Gasteiger partial charge in [0.15, 0.2) is 0 Å². The van der Waals surface area contributed by atoms with E-state index in [4.69, 9.17) is 5.73 Å². The molecule has 1 aromatic heterocycles. The van der Waals surface area contributed by atoms with E-state index in [1.54, 1.807) is 6.07 Å². The Morgan fingerprint density at radius 1 is 1.40 bits per heavy atom. The number of hydrogen-bond acceptors (Lipinski definition) is 2. The van der Waals surface area contributed by atoms with Gasteiger partial charge in [-0.2, -0.15) is 0 Å². The van der Waals surface area contributed by atoms with Crippen LogP contribution < -0.4 is 11.3 Å². The van der Waals surface area contributed by atoms with Crippen LogP contribution in [-0.4, -0.2) is 4.57 Å². The van der Waals surface area contributed by atoms with Gasteiger partial charge in [0.25, 0.3) is 5.56 Å². The molecule has 0 unspecified atom stereocenters. The number of pyridine rings is 1. The van der Waals surface area contributed by atoms with Crippen molar-refractivity contribution in [2.45, 2.75) is 45.1 Å². The van der Waals surface area contributed by atoms with Crippen LogP contribution in [0.15, 0.2) is 16.9 Å². The number of nitrogen functional groups attached to an aromatic ring is 1. The van der Waals surface area contributed by atoms with Gasteiger partial charge in [-0.05, 0) is 37.8 Å². The molecule has 82 valence electrons. The highest BCUT2D eigenvalue weighted by Crippen LogP contribution is 2.33. The Balaban J connectivity index is 2.46. The molecule has 3 nitrogen and oxygen atoms in total. The monoisotopic (exact) mass is 206 g/mol. The molecule has 15 heavy (non-hydrogen) atoms. The zero-order valence-electron chi connectivity index (χ0n) is 9.20. The van der Waals surface area contributed by atoms with E-state index >= 15 is 0 Å². The summed E-state index contributed by atoms with van der Waals surface area (Å²) in [7, 11) is 0. The van der Waals surface area contributed by atoms with E-state index in [-0.39, 0.29) is 5.56 Å². The quantitative estimate of drug-likeness (QED) is 0.805. The molecular weight excluding hydrogens is 188 g/mol. The second-order valence-corrected chi connectivity index (χ2v) is 4.24. The van der Waals surface area contributed by atoms with E-state index in [9.17, 15) is 4.79 Å². The van der Waals surface area contributed by atoms with E-state index in [0.717, 1.165) is 6.54 Å². The minimum absolute atomic E-state index is 0.0260. The lowest BCUT2D eigenvalue weighted by molar-refractivity contribution is 0.598. The Hall–Kier alpha value is -1.25. The molecule has 0 aromatic carbocycles. The van der Waals surface area contributed by atoms with Crippen LogP contribution in [0, 0.1) is 0 Å². The van der Waals surface area contributed by atoms with Crippen molar-refractivity contribution in [1.82, 2.24) is 4.57 Å². The van der Waals surface area contributed by atoms with Crippen LogP contribution >= 0.6 is 0 Å². The summed E-state index contributed by atoms with van der Waals surface area (Å²) >= 11 is 0. The maximum atomic E-state index is 11.8. The summed E-state index contributed by atoms with van der Waals surface area (Å²) in [6.45, 7) is 2.72. The van der Waals surface area contributed by atoms with Crippen LogP contribution in [0.2, 0.25) is 0 Å². The average molecular weight is 206 g/mol. The van der Waals surface area contributed by atoms with Crippen LogP contribution in [0.4, 0.5) is 5.69 Å². The first kappa shape index (κ1) is 10.3. The van der Waals surface area contributed by atoms with Gasteiger partial charge in [-0.15, -0.1) is 0 Å². The van der Waals surface area contributed by atoms with Gasteiger partial charge >= 0.3 is 0 Å². The van der Waals surface area contributed by atoms with Gasteiger partial charge < -0.3 is 10.3 Å². The molecule has 1 saturated carbocycles. The predicted molar refractivity (Wildman–Crippen MR) is 62.0 cm³/mol. The Labute approximate surface area is 89.9 Å². The molecule has 3 heteroatoms. The molecular formula is C12H18N2O. The molecule has 0 radical (unpaired) electrons. The molecule has 0 aliphatic heterocycles. The number of rotatable bonds is 2. The zero-order chi connectivity index (χ0) is 10.8. The Morgan fingerprint density at radius 2 is 2.07 bits per heavy atom. The van der Waals surface area contributed by atoms with Crippen molar-refractivity contribution in [3.05, 3.63) is 28.2 Å². The lowest BCUT2D eigenvalue weighted by Gasteiger charge is -2.16. The Bertz CT molecular complexity index is 403. The standard InChI is InChI=1S/C12H18N2O/c1-2-14-11(9-5-3-4-6-9)8-7-10(13)12(14)15/h7-9H,2-6,13H2,1H3. The second kappa shape index (κ2) is 4.09. The number of aromatic nitrogens is 1. The molecule has 0 saturated heterocycles. The maximum Gasteiger partial charge on any atom is 0.273 e. The summed E-state index contributed by atoms with van der Waals surface area (Å²) in [6, 6.07) is 3.78. The summed E-state index contributed by atoms with van der Waals surface area (Å²) in [6.07, 6.45) is 4.99. The maximum absolute atomic E-state index is 11.8. The second-order valence-electron chi connectivity index (χ2n) is 4.24. The molecule has 0 atom stereocenters. The molecule has 2 rings (SSSR count). The summed E-state index contributed by atoms with van der Waals surface area (Å²) in [5.74, 6) is 0.568. The van der Waals surface area contributed by atoms with Gasteiger partial charge in [0, 0.05) is 12.2 Å². The van der Waals surface area contributed by atoms with Crippen molar-refractivity contribution in [3.8, 4) is 0 Å². The molecule has 2 N–H and O–H groups in total. The van der Waals surface area contributed by atoms with Gasteiger partial charge in [-0.1, -0.05) is 12.8 Å². The predicted octanol–water partition coefficient (Wildman–Crippen LogP) is 2.11. The highest BCUT2D eigenvalue weighted by atomic mass is 16.1. The molecule has 1 aromatic rings. The molecule has 0 bridgehead atoms. The van der Waals surface area contributed by atoms with Crippen molar-refractivity contribution in [2.75, 3.05) is 5.73 Å². The fourth-order valence-electron chi connectivity index (χ4n) is 2.51. The summed E-state index contributed by atoms with van der Waals surface area (Å²) < 4.78 is 1.82. The van der Waals surface area contributed by atoms with Crippen molar-refractivity contribution >= 4 is 5.69 Å². The minimum Gasteiger partial charge on any atom is -0.394 e. The summed E-state index contributed by atoms with van der Waals surface area (Å²) in [5.41, 5.74) is 7.14. The SMILES string of the molecule is CCn1c(C2CCCC2)ccc(N)c1=O. The van der Waals surface area contributed by atoms with Crippen LogP contribution in [0.25, 0.3) is 0 Å². The first-order valence-electron chi connectivity index (χ1n) is 5.73. The smallest absolute Gasteiger partial charge is 0.273 e. The lowest BCUT2D eigenvalue weighted by Crippen LogP contribution is -2.25. The van der Waals surface area contributed by atoms with Gasteiger partial charge in [0.05, 0.1) is 5.69 Å². The van der Waals surface area contributed by atoms with Crippen molar-refractivity contribution in [1.29, 1.82) is 0 Å². The number of nitrogens with zero attached hydrogens (tertiary/aromatic N) is 1. The third-order valence-corrected chi connectivity index (χ3v) is 3.33. The van der Waals surface area contributed by atoms with E-state index < -0.39 is 0 Å². The minimum atomic E-state index is -0.0260. The fraction of sp³-hybridized carbons (Fsp3) is 0.583. The lowest BCUT2D eigenvalue weighted by atomic mass is 10.0. The van der Waals surface area contributed by atoms with Crippen molar-refractivity contribution < 1.29 is 0 Å². The Morgan fingerprint density at radius 3 is 2.67 bits per heavy atom. The summed E-state index contributed by atoms with van der Waals surface area (Å²) in [4.78, 5) is 11.8. The third-order valence-electron chi connectivity index (χ3n) is 3.33. The van der Waals surface area contributed by atoms with Crippen molar-refractivity contribution in [2.24, 2.45) is 0 Å². The first-order valence-corrected chi connectivity index (χ1v) is 5.73. The van der Waals surface area contributed by atoms with Gasteiger partial charge in [0.1, 0.15) is 0 Å². The van der Waals surface area contributed by atoms with Crippen LogP contribution in [-0.2, 0) is 6.54 Å². The Kier molecular flexibility index (Phi) is 2.80. The molecule has 1 aliphatic carbocycles. The first-order chi connectivity index (χ1) is 7.24. The highest BCUT2D eigenvalue weighted by Gasteiger charge is 2.20. The van der Waals surface area contributed by atoms with Crippen LogP contribution in [0.5, 0.6) is 0 Å². The summed E-state index contributed by atoms with van der Waals surface area (Å²) in [5, 5.41) is 0. The zero-order valence-corrected chi connectivity index (χ0v) is 9.20. The van der Waals surface area contributed by atoms with Crippen molar-refractivity contribution in [3.63, 3.8) is 0 Å². The fourth-order valence-corrected chi connectivity index (χ4v) is 2.51. The van der Waals surface area contributed by atoms with E-state index in [0.29, 0.717) is 11.6 Å².